The maximum absolute atomic E-state index is 12.9. The van der Waals surface area contributed by atoms with Crippen LogP contribution in [0, 0.1) is 0 Å². The molecule has 3 aromatic rings. The van der Waals surface area contributed by atoms with E-state index < -0.39 is 0 Å². The van der Waals surface area contributed by atoms with Crippen molar-refractivity contribution in [2.24, 2.45) is 0 Å². The lowest BCUT2D eigenvalue weighted by Crippen LogP contribution is -2.39. The van der Waals surface area contributed by atoms with Crippen molar-refractivity contribution < 1.29 is 19.1 Å². The van der Waals surface area contributed by atoms with Gasteiger partial charge >= 0.3 is 0 Å². The predicted molar refractivity (Wildman–Crippen MR) is 114 cm³/mol. The van der Waals surface area contributed by atoms with E-state index in [-0.39, 0.29) is 18.4 Å². The van der Waals surface area contributed by atoms with E-state index in [1.165, 1.54) is 7.11 Å². The van der Waals surface area contributed by atoms with Gasteiger partial charge in [-0.1, -0.05) is 30.3 Å². The minimum Gasteiger partial charge on any atom is -0.497 e. The van der Waals surface area contributed by atoms with Gasteiger partial charge in [0.15, 0.2) is 5.82 Å². The lowest BCUT2D eigenvalue weighted by molar-refractivity contribution is 0.0683. The molecule has 2 amide bonds. The molecule has 0 saturated heterocycles. The summed E-state index contributed by atoms with van der Waals surface area (Å²) in [6.07, 6.45) is 1.82. The Balaban J connectivity index is 1.42. The molecule has 160 valence electrons. The molecule has 2 aromatic carbocycles. The van der Waals surface area contributed by atoms with Gasteiger partial charge in [0.25, 0.3) is 11.8 Å². The number of nitrogens with one attached hydrogen (secondary N) is 1. The minimum atomic E-state index is -0.289. The highest BCUT2D eigenvalue weighted by molar-refractivity contribution is 5.97. The third kappa shape index (κ3) is 4.37. The van der Waals surface area contributed by atoms with Crippen LogP contribution in [0.4, 0.5) is 0 Å². The fourth-order valence-corrected chi connectivity index (χ4v) is 3.57. The molecule has 31 heavy (non-hydrogen) atoms. The number of aromatic nitrogens is 2. The van der Waals surface area contributed by atoms with Gasteiger partial charge in [0.1, 0.15) is 11.5 Å². The van der Waals surface area contributed by atoms with Crippen molar-refractivity contribution in [2.75, 3.05) is 20.8 Å². The van der Waals surface area contributed by atoms with Crippen molar-refractivity contribution in [3.8, 4) is 11.5 Å². The van der Waals surface area contributed by atoms with Crippen LogP contribution in [0.25, 0.3) is 0 Å². The average Bonchev–Trinajstić information content (AvgIpc) is 3.23. The third-order valence-corrected chi connectivity index (χ3v) is 5.22. The average molecular weight is 420 g/mol. The highest BCUT2D eigenvalue weighted by Crippen LogP contribution is 2.24. The fraction of sp³-hybridized carbons (Fsp3) is 0.261. The lowest BCUT2D eigenvalue weighted by Gasteiger charge is -2.27. The maximum atomic E-state index is 12.9. The fourth-order valence-electron chi connectivity index (χ4n) is 3.57. The van der Waals surface area contributed by atoms with E-state index in [1.807, 2.05) is 41.1 Å². The van der Waals surface area contributed by atoms with Crippen LogP contribution in [0.5, 0.6) is 11.5 Å². The van der Waals surface area contributed by atoms with E-state index in [9.17, 15) is 9.59 Å². The number of nitrogens with zero attached hydrogens (tertiary/aromatic N) is 3. The number of carbonyl (C=O) groups excluding carboxylic acids is 2. The molecule has 0 fully saturated rings. The molecule has 0 bridgehead atoms. The SMILES string of the molecule is COc1ccc(C(=O)NCc2cn3c(n2)C(=O)N(Cc2ccccc2)CC3)c(OC)c1. The summed E-state index contributed by atoms with van der Waals surface area (Å²) in [5.74, 6) is 1.03. The molecule has 1 aromatic heterocycles. The summed E-state index contributed by atoms with van der Waals surface area (Å²) in [5, 5.41) is 2.84. The van der Waals surface area contributed by atoms with Crippen molar-refractivity contribution >= 4 is 11.8 Å². The van der Waals surface area contributed by atoms with Gasteiger partial charge in [0.2, 0.25) is 0 Å². The number of methoxy groups -OCH3 is 2. The Morgan fingerprint density at radius 1 is 1.10 bits per heavy atom. The van der Waals surface area contributed by atoms with Gasteiger partial charge in [-0.05, 0) is 17.7 Å². The number of imidazole rings is 1. The Morgan fingerprint density at radius 2 is 1.90 bits per heavy atom. The second-order valence-electron chi connectivity index (χ2n) is 7.21. The van der Waals surface area contributed by atoms with Crippen LogP contribution in [0.3, 0.4) is 0 Å². The first-order valence-corrected chi connectivity index (χ1v) is 9.98. The summed E-state index contributed by atoms with van der Waals surface area (Å²) < 4.78 is 12.3. The molecule has 2 heterocycles. The highest BCUT2D eigenvalue weighted by Gasteiger charge is 2.27. The summed E-state index contributed by atoms with van der Waals surface area (Å²) in [5.41, 5.74) is 2.11. The number of hydrogen-bond donors (Lipinski definition) is 1. The summed E-state index contributed by atoms with van der Waals surface area (Å²) in [7, 11) is 3.05. The monoisotopic (exact) mass is 420 g/mol. The van der Waals surface area contributed by atoms with Crippen LogP contribution in [0.1, 0.15) is 32.2 Å². The van der Waals surface area contributed by atoms with Crippen LogP contribution < -0.4 is 14.8 Å². The standard InChI is InChI=1S/C23H24N4O4/c1-30-18-8-9-19(20(12-18)31-2)22(28)24-13-17-15-26-10-11-27(23(29)21(26)25-17)14-16-6-4-3-5-7-16/h3-9,12,15H,10-11,13-14H2,1-2H3,(H,24,28). The molecular formula is C23H24N4O4. The molecule has 0 radical (unpaired) electrons. The van der Waals surface area contributed by atoms with E-state index in [4.69, 9.17) is 9.47 Å². The first-order chi connectivity index (χ1) is 15.1. The highest BCUT2D eigenvalue weighted by atomic mass is 16.5. The molecule has 0 saturated carbocycles. The second-order valence-corrected chi connectivity index (χ2v) is 7.21. The quantitative estimate of drug-likeness (QED) is 0.635. The Hall–Kier alpha value is -3.81. The molecule has 1 aliphatic heterocycles. The van der Waals surface area contributed by atoms with E-state index in [1.54, 1.807) is 30.2 Å². The number of carbonyl (C=O) groups is 2. The molecule has 1 aliphatic rings. The van der Waals surface area contributed by atoms with Gasteiger partial charge in [0.05, 0.1) is 32.0 Å². The first kappa shape index (κ1) is 20.5. The number of amides is 2. The number of benzene rings is 2. The zero-order valence-electron chi connectivity index (χ0n) is 17.5. The minimum absolute atomic E-state index is 0.107. The molecule has 1 N–H and O–H groups in total. The van der Waals surface area contributed by atoms with Crippen molar-refractivity contribution in [1.82, 2.24) is 19.8 Å². The van der Waals surface area contributed by atoms with Gasteiger partial charge in [-0.3, -0.25) is 9.59 Å². The second kappa shape index (κ2) is 8.91. The molecule has 8 nitrogen and oxygen atoms in total. The van der Waals surface area contributed by atoms with Crippen LogP contribution in [0.2, 0.25) is 0 Å². The normalized spacial score (nSPS) is 13.0. The Labute approximate surface area is 180 Å². The van der Waals surface area contributed by atoms with Crippen LogP contribution in [0.15, 0.2) is 54.7 Å². The summed E-state index contributed by atoms with van der Waals surface area (Å²) in [6, 6.07) is 14.9. The molecule has 8 heteroatoms. The molecule has 0 aliphatic carbocycles. The number of hydrogen-bond acceptors (Lipinski definition) is 5. The van der Waals surface area contributed by atoms with E-state index in [0.29, 0.717) is 48.2 Å². The molecule has 0 spiro atoms. The zero-order chi connectivity index (χ0) is 21.8. The third-order valence-electron chi connectivity index (χ3n) is 5.22. The Bertz CT molecular complexity index is 1090. The zero-order valence-corrected chi connectivity index (χ0v) is 17.5. The molecule has 0 unspecified atom stereocenters. The summed E-state index contributed by atoms with van der Waals surface area (Å²) >= 11 is 0. The molecular weight excluding hydrogens is 396 g/mol. The lowest BCUT2D eigenvalue weighted by atomic mass is 10.1. The van der Waals surface area contributed by atoms with Gasteiger partial charge in [-0.25, -0.2) is 4.98 Å². The van der Waals surface area contributed by atoms with E-state index in [2.05, 4.69) is 10.3 Å². The van der Waals surface area contributed by atoms with Crippen molar-refractivity contribution in [3.05, 3.63) is 77.4 Å². The van der Waals surface area contributed by atoms with Gasteiger partial charge in [-0.2, -0.15) is 0 Å². The van der Waals surface area contributed by atoms with Gasteiger partial charge in [-0.15, -0.1) is 0 Å². The van der Waals surface area contributed by atoms with Crippen LogP contribution in [-0.2, 0) is 19.6 Å². The maximum Gasteiger partial charge on any atom is 0.290 e. The Kier molecular flexibility index (Phi) is 5.88. The number of ether oxygens (including phenoxy) is 2. The largest absolute Gasteiger partial charge is 0.497 e. The summed E-state index contributed by atoms with van der Waals surface area (Å²) in [4.78, 5) is 31.7. The van der Waals surface area contributed by atoms with E-state index >= 15 is 0 Å². The van der Waals surface area contributed by atoms with Crippen molar-refractivity contribution in [1.29, 1.82) is 0 Å². The predicted octanol–water partition coefficient (Wildman–Crippen LogP) is 2.49. The van der Waals surface area contributed by atoms with Crippen molar-refractivity contribution in [2.45, 2.75) is 19.6 Å². The topological polar surface area (TPSA) is 85.7 Å². The first-order valence-electron chi connectivity index (χ1n) is 9.98. The molecule has 0 atom stereocenters. The summed E-state index contributed by atoms with van der Waals surface area (Å²) in [6.45, 7) is 2.04. The smallest absolute Gasteiger partial charge is 0.290 e. The van der Waals surface area contributed by atoms with Crippen LogP contribution in [-0.4, -0.2) is 47.0 Å². The van der Waals surface area contributed by atoms with Gasteiger partial charge < -0.3 is 24.3 Å². The Morgan fingerprint density at radius 3 is 2.65 bits per heavy atom. The van der Waals surface area contributed by atoms with Gasteiger partial charge in [0, 0.05) is 31.9 Å². The number of fused-ring (bicyclic) bond motifs is 1. The molecule has 4 rings (SSSR count). The number of rotatable bonds is 7. The van der Waals surface area contributed by atoms with Crippen LogP contribution >= 0.6 is 0 Å². The van der Waals surface area contributed by atoms with Crippen molar-refractivity contribution in [3.63, 3.8) is 0 Å². The van der Waals surface area contributed by atoms with E-state index in [0.717, 1.165) is 5.56 Å².